The summed E-state index contributed by atoms with van der Waals surface area (Å²) in [5.41, 5.74) is 9.72. The van der Waals surface area contributed by atoms with Crippen molar-refractivity contribution in [2.45, 2.75) is 19.8 Å². The molecule has 0 saturated carbocycles. The Kier molecular flexibility index (Phi) is 5.52. The van der Waals surface area contributed by atoms with Crippen molar-refractivity contribution in [3.63, 3.8) is 0 Å². The van der Waals surface area contributed by atoms with Crippen molar-refractivity contribution in [1.29, 1.82) is 0 Å². The zero-order valence-corrected chi connectivity index (χ0v) is 14.3. The number of allylic oxidation sites excluding steroid dienone is 3. The molecule has 1 aromatic carbocycles. The Morgan fingerprint density at radius 2 is 2.20 bits per heavy atom. The highest BCUT2D eigenvalue weighted by Gasteiger charge is 2.03. The Morgan fingerprint density at radius 3 is 2.92 bits per heavy atom. The van der Waals surface area contributed by atoms with E-state index in [4.69, 9.17) is 14.9 Å². The largest absolute Gasteiger partial charge is 0.489 e. The van der Waals surface area contributed by atoms with E-state index in [1.165, 1.54) is 17.4 Å². The number of nitrogens with two attached hydrogens (primary N) is 1. The second kappa shape index (κ2) is 8.20. The van der Waals surface area contributed by atoms with Gasteiger partial charge < -0.3 is 14.9 Å². The molecule has 0 unspecified atom stereocenters. The maximum absolute atomic E-state index is 5.99. The van der Waals surface area contributed by atoms with Gasteiger partial charge in [-0.25, -0.2) is 0 Å². The zero-order valence-electron chi connectivity index (χ0n) is 14.3. The van der Waals surface area contributed by atoms with E-state index in [1.807, 2.05) is 30.4 Å². The lowest BCUT2D eigenvalue weighted by Gasteiger charge is -2.10. The molecule has 0 spiro atoms. The third kappa shape index (κ3) is 4.98. The van der Waals surface area contributed by atoms with E-state index in [2.05, 4.69) is 42.3 Å². The van der Waals surface area contributed by atoms with Gasteiger partial charge in [0, 0.05) is 6.08 Å². The molecule has 25 heavy (non-hydrogen) atoms. The van der Waals surface area contributed by atoms with Crippen molar-refractivity contribution in [2.24, 2.45) is 0 Å². The third-order valence-corrected chi connectivity index (χ3v) is 3.92. The fourth-order valence-electron chi connectivity index (χ4n) is 2.54. The molecule has 0 fully saturated rings. The number of rotatable bonds is 6. The molecule has 0 aliphatic heterocycles. The van der Waals surface area contributed by atoms with Gasteiger partial charge in [0.1, 0.15) is 24.3 Å². The minimum Gasteiger partial charge on any atom is -0.489 e. The zero-order chi connectivity index (χ0) is 17.5. The summed E-state index contributed by atoms with van der Waals surface area (Å²) >= 11 is 0. The van der Waals surface area contributed by atoms with Crippen LogP contribution in [0.2, 0.25) is 0 Å². The monoisotopic (exact) mass is 334 g/mol. The number of oxazole rings is 1. The molecule has 0 saturated heterocycles. The standard InChI is InChI=1S/C21H22N2O2/c1-16-7-5-6-10-18(16)11-12-20(13-19-15-25-21(22)23-19)24-14-17-8-3-2-4-9-17/h3,5-13,15H,2,4,14H2,1H3,(H2,22,23)/b12-11-,20-13-. The van der Waals surface area contributed by atoms with Crippen LogP contribution in [-0.2, 0) is 4.74 Å². The number of aryl methyl sites for hydroxylation is 1. The van der Waals surface area contributed by atoms with Crippen molar-refractivity contribution in [1.82, 2.24) is 4.98 Å². The minimum absolute atomic E-state index is 0.145. The molecule has 1 aliphatic rings. The highest BCUT2D eigenvalue weighted by Crippen LogP contribution is 2.17. The fraction of sp³-hybridized carbons (Fsp3) is 0.190. The number of ether oxygens (including phenoxy) is 1. The van der Waals surface area contributed by atoms with Gasteiger partial charge in [0.2, 0.25) is 0 Å². The maximum atomic E-state index is 5.99. The smallest absolute Gasteiger partial charge is 0.292 e. The molecule has 0 bridgehead atoms. The third-order valence-electron chi connectivity index (χ3n) is 3.92. The summed E-state index contributed by atoms with van der Waals surface area (Å²) in [6.45, 7) is 2.60. The number of benzene rings is 1. The number of aromatic nitrogens is 1. The lowest BCUT2D eigenvalue weighted by atomic mass is 10.1. The Hall–Kier alpha value is -3.01. The van der Waals surface area contributed by atoms with Crippen molar-refractivity contribution in [2.75, 3.05) is 12.3 Å². The van der Waals surface area contributed by atoms with Gasteiger partial charge in [-0.15, -0.1) is 0 Å². The highest BCUT2D eigenvalue weighted by atomic mass is 16.5. The van der Waals surface area contributed by atoms with E-state index in [-0.39, 0.29) is 6.01 Å². The molecule has 0 amide bonds. The molecular formula is C21H22N2O2. The Labute approximate surface area is 148 Å². The van der Waals surface area contributed by atoms with Crippen LogP contribution in [0.1, 0.15) is 29.7 Å². The molecule has 0 radical (unpaired) electrons. The average molecular weight is 334 g/mol. The first-order chi connectivity index (χ1) is 12.2. The summed E-state index contributed by atoms with van der Waals surface area (Å²) < 4.78 is 11.1. The van der Waals surface area contributed by atoms with Gasteiger partial charge in [-0.05, 0) is 42.5 Å². The second-order valence-electron chi connectivity index (χ2n) is 5.89. The van der Waals surface area contributed by atoms with Crippen molar-refractivity contribution < 1.29 is 9.15 Å². The molecule has 4 nitrogen and oxygen atoms in total. The van der Waals surface area contributed by atoms with Crippen molar-refractivity contribution in [3.8, 4) is 0 Å². The van der Waals surface area contributed by atoms with Crippen LogP contribution in [-0.4, -0.2) is 11.6 Å². The lowest BCUT2D eigenvalue weighted by Crippen LogP contribution is -1.98. The van der Waals surface area contributed by atoms with Gasteiger partial charge in [0.15, 0.2) is 0 Å². The predicted molar refractivity (Wildman–Crippen MR) is 102 cm³/mol. The number of nitrogens with zero attached hydrogens (tertiary/aromatic N) is 1. The van der Waals surface area contributed by atoms with Crippen LogP contribution < -0.4 is 5.73 Å². The molecule has 2 N–H and O–H groups in total. The predicted octanol–water partition coefficient (Wildman–Crippen LogP) is 4.91. The molecule has 1 aliphatic carbocycles. The fourth-order valence-corrected chi connectivity index (χ4v) is 2.54. The average Bonchev–Trinajstić information content (AvgIpc) is 3.04. The van der Waals surface area contributed by atoms with Gasteiger partial charge in [-0.1, -0.05) is 48.6 Å². The van der Waals surface area contributed by atoms with Gasteiger partial charge in [-0.3, -0.25) is 0 Å². The SMILES string of the molecule is Cc1ccccc1/C=C\C(=C\c1coc(N)n1)OCC1=CCCC=C1. The number of nitrogen functional groups attached to an aromatic ring is 1. The summed E-state index contributed by atoms with van der Waals surface area (Å²) in [6.07, 6.45) is 16.0. The summed E-state index contributed by atoms with van der Waals surface area (Å²) in [6, 6.07) is 8.35. The Bertz CT molecular complexity index is 841. The maximum Gasteiger partial charge on any atom is 0.292 e. The molecule has 2 aromatic rings. The Morgan fingerprint density at radius 1 is 1.32 bits per heavy atom. The van der Waals surface area contributed by atoms with E-state index in [0.29, 0.717) is 18.1 Å². The quantitative estimate of drug-likeness (QED) is 0.602. The molecule has 1 heterocycles. The highest BCUT2D eigenvalue weighted by molar-refractivity contribution is 5.60. The van der Waals surface area contributed by atoms with Crippen LogP contribution >= 0.6 is 0 Å². The van der Waals surface area contributed by atoms with E-state index < -0.39 is 0 Å². The van der Waals surface area contributed by atoms with E-state index in [1.54, 1.807) is 0 Å². The number of hydrogen-bond donors (Lipinski definition) is 1. The van der Waals surface area contributed by atoms with E-state index in [0.717, 1.165) is 18.4 Å². The van der Waals surface area contributed by atoms with Crippen LogP contribution in [0.25, 0.3) is 12.2 Å². The topological polar surface area (TPSA) is 61.3 Å². The molecular weight excluding hydrogens is 312 g/mol. The molecule has 128 valence electrons. The first-order valence-electron chi connectivity index (χ1n) is 8.35. The molecule has 3 rings (SSSR count). The van der Waals surface area contributed by atoms with Gasteiger partial charge in [0.25, 0.3) is 6.01 Å². The van der Waals surface area contributed by atoms with Gasteiger partial charge in [0.05, 0.1) is 0 Å². The van der Waals surface area contributed by atoms with Crippen molar-refractivity contribution >= 4 is 18.2 Å². The van der Waals surface area contributed by atoms with Crippen LogP contribution in [0.3, 0.4) is 0 Å². The Balaban J connectivity index is 1.78. The summed E-state index contributed by atoms with van der Waals surface area (Å²) in [7, 11) is 0. The van der Waals surface area contributed by atoms with Crippen LogP contribution in [0.4, 0.5) is 6.01 Å². The van der Waals surface area contributed by atoms with E-state index in [9.17, 15) is 0 Å². The molecule has 1 aromatic heterocycles. The van der Waals surface area contributed by atoms with Crippen LogP contribution in [0.5, 0.6) is 0 Å². The first-order valence-corrected chi connectivity index (χ1v) is 8.35. The van der Waals surface area contributed by atoms with Crippen LogP contribution in [0, 0.1) is 6.92 Å². The summed E-state index contributed by atoms with van der Waals surface area (Å²) in [4.78, 5) is 4.11. The lowest BCUT2D eigenvalue weighted by molar-refractivity contribution is 0.258. The number of hydrogen-bond acceptors (Lipinski definition) is 4. The minimum atomic E-state index is 0.145. The van der Waals surface area contributed by atoms with E-state index >= 15 is 0 Å². The van der Waals surface area contributed by atoms with Gasteiger partial charge >= 0.3 is 0 Å². The first kappa shape index (κ1) is 16.8. The summed E-state index contributed by atoms with van der Waals surface area (Å²) in [5, 5.41) is 0. The van der Waals surface area contributed by atoms with Crippen LogP contribution in [0.15, 0.2) is 70.6 Å². The second-order valence-corrected chi connectivity index (χ2v) is 5.89. The molecule has 4 heteroatoms. The molecule has 0 atom stereocenters. The van der Waals surface area contributed by atoms with Crippen molar-refractivity contribution in [3.05, 3.63) is 83.0 Å². The summed E-state index contributed by atoms with van der Waals surface area (Å²) in [5.74, 6) is 0.705. The number of anilines is 1. The normalized spacial score (nSPS) is 14.8. The van der Waals surface area contributed by atoms with Gasteiger partial charge in [-0.2, -0.15) is 4.98 Å².